The average molecular weight is 366 g/mol. The Morgan fingerprint density at radius 2 is 1.74 bits per heavy atom. The lowest BCUT2D eigenvalue weighted by molar-refractivity contribution is 0.354. The zero-order valence-corrected chi connectivity index (χ0v) is 15.3. The molecule has 0 unspecified atom stereocenters. The molecule has 0 aliphatic rings. The van der Waals surface area contributed by atoms with Crippen LogP contribution in [0.4, 0.5) is 11.8 Å². The zero-order valence-electron chi connectivity index (χ0n) is 15.3. The lowest BCUT2D eigenvalue weighted by Crippen LogP contribution is -2.10. The van der Waals surface area contributed by atoms with E-state index in [-0.39, 0.29) is 0 Å². The van der Waals surface area contributed by atoms with Crippen molar-refractivity contribution in [2.45, 2.75) is 13.0 Å². The van der Waals surface area contributed by atoms with Crippen LogP contribution in [0.5, 0.6) is 11.5 Å². The number of benzene rings is 1. The number of hydrogen-bond donors (Lipinski definition) is 2. The van der Waals surface area contributed by atoms with Gasteiger partial charge in [-0.2, -0.15) is 10.1 Å². The molecule has 0 fully saturated rings. The first kappa shape index (κ1) is 18.4. The molecule has 0 amide bonds. The molecular formula is C19H22N6O2. The zero-order chi connectivity index (χ0) is 18.9. The molecule has 0 atom stereocenters. The van der Waals surface area contributed by atoms with Gasteiger partial charge in [-0.1, -0.05) is 6.07 Å². The van der Waals surface area contributed by atoms with Crippen LogP contribution in [0, 0.1) is 0 Å². The van der Waals surface area contributed by atoms with Gasteiger partial charge in [0.1, 0.15) is 0 Å². The Bertz CT molecular complexity index is 860. The van der Waals surface area contributed by atoms with E-state index in [0.29, 0.717) is 24.9 Å². The largest absolute Gasteiger partial charge is 0.493 e. The Morgan fingerprint density at radius 3 is 2.52 bits per heavy atom. The molecule has 8 heteroatoms. The molecule has 0 saturated heterocycles. The van der Waals surface area contributed by atoms with Crippen LogP contribution in [0.1, 0.15) is 11.1 Å². The maximum Gasteiger partial charge on any atom is 0.244 e. The Balaban J connectivity index is 1.52. The standard InChI is InChI=1S/C19H22N6O2/c1-26-16-4-3-14(11-17(16)27-2)7-10-21-19-24-18(13-23-25-19)22-12-15-5-8-20-9-6-15/h3-6,8-9,11,13H,7,10,12H2,1-2H3,(H2,21,22,24,25). The molecule has 2 heterocycles. The van der Waals surface area contributed by atoms with Crippen molar-refractivity contribution >= 4 is 11.8 Å². The fourth-order valence-corrected chi connectivity index (χ4v) is 2.51. The fraction of sp³-hybridized carbons (Fsp3) is 0.263. The highest BCUT2D eigenvalue weighted by atomic mass is 16.5. The van der Waals surface area contributed by atoms with Crippen LogP contribution in [0.3, 0.4) is 0 Å². The summed E-state index contributed by atoms with van der Waals surface area (Å²) in [5.41, 5.74) is 2.24. The van der Waals surface area contributed by atoms with Crippen molar-refractivity contribution in [2.75, 3.05) is 31.4 Å². The summed E-state index contributed by atoms with van der Waals surface area (Å²) < 4.78 is 10.6. The molecular weight excluding hydrogens is 344 g/mol. The van der Waals surface area contributed by atoms with E-state index in [0.717, 1.165) is 29.0 Å². The summed E-state index contributed by atoms with van der Waals surface area (Å²) in [5, 5.41) is 14.4. The molecule has 2 aromatic heterocycles. The molecule has 0 aliphatic carbocycles. The SMILES string of the molecule is COc1ccc(CCNc2nncc(NCc3ccncc3)n2)cc1OC. The topological polar surface area (TPSA) is 94.1 Å². The van der Waals surface area contributed by atoms with E-state index in [1.807, 2.05) is 30.3 Å². The minimum absolute atomic E-state index is 0.482. The molecule has 0 spiro atoms. The predicted molar refractivity (Wildman–Crippen MR) is 103 cm³/mol. The Kier molecular flexibility index (Phi) is 6.35. The van der Waals surface area contributed by atoms with Crippen LogP contribution in [-0.2, 0) is 13.0 Å². The predicted octanol–water partition coefficient (Wildman–Crippen LogP) is 2.55. The fourth-order valence-electron chi connectivity index (χ4n) is 2.51. The number of aromatic nitrogens is 4. The number of nitrogens with one attached hydrogen (secondary N) is 2. The quantitative estimate of drug-likeness (QED) is 0.597. The van der Waals surface area contributed by atoms with Gasteiger partial charge in [0.15, 0.2) is 17.3 Å². The second-order valence-electron chi connectivity index (χ2n) is 5.74. The molecule has 140 valence electrons. The second kappa shape index (κ2) is 9.33. The first-order chi connectivity index (χ1) is 13.3. The van der Waals surface area contributed by atoms with E-state index in [1.54, 1.807) is 32.8 Å². The normalized spacial score (nSPS) is 10.3. The molecule has 3 aromatic rings. The van der Waals surface area contributed by atoms with Gasteiger partial charge in [0.25, 0.3) is 0 Å². The van der Waals surface area contributed by atoms with Crippen molar-refractivity contribution in [3.63, 3.8) is 0 Å². The second-order valence-corrected chi connectivity index (χ2v) is 5.74. The molecule has 2 N–H and O–H groups in total. The number of anilines is 2. The Hall–Kier alpha value is -3.42. The lowest BCUT2D eigenvalue weighted by atomic mass is 10.1. The van der Waals surface area contributed by atoms with Crippen molar-refractivity contribution in [1.29, 1.82) is 0 Å². The van der Waals surface area contributed by atoms with Gasteiger partial charge in [-0.05, 0) is 41.8 Å². The molecule has 27 heavy (non-hydrogen) atoms. The van der Waals surface area contributed by atoms with Gasteiger partial charge in [-0.3, -0.25) is 4.98 Å². The monoisotopic (exact) mass is 366 g/mol. The summed E-state index contributed by atoms with van der Waals surface area (Å²) in [5.74, 6) is 2.58. The molecule has 0 aliphatic heterocycles. The maximum atomic E-state index is 5.33. The molecule has 1 aromatic carbocycles. The summed E-state index contributed by atoms with van der Waals surface area (Å²) in [6, 6.07) is 9.77. The van der Waals surface area contributed by atoms with Gasteiger partial charge in [0.05, 0.1) is 20.4 Å². The summed E-state index contributed by atoms with van der Waals surface area (Å²) in [6.45, 7) is 1.32. The van der Waals surface area contributed by atoms with Crippen LogP contribution in [0.25, 0.3) is 0 Å². The summed E-state index contributed by atoms with van der Waals surface area (Å²) in [7, 11) is 3.25. The van der Waals surface area contributed by atoms with Gasteiger partial charge in [0.2, 0.25) is 5.95 Å². The number of nitrogens with zero attached hydrogens (tertiary/aromatic N) is 4. The van der Waals surface area contributed by atoms with E-state index < -0.39 is 0 Å². The summed E-state index contributed by atoms with van der Waals surface area (Å²) >= 11 is 0. The first-order valence-electron chi connectivity index (χ1n) is 8.56. The van der Waals surface area contributed by atoms with Crippen LogP contribution in [0.15, 0.2) is 48.9 Å². The Morgan fingerprint density at radius 1 is 0.926 bits per heavy atom. The Labute approximate surface area is 158 Å². The number of pyridine rings is 1. The minimum atomic E-state index is 0.482. The van der Waals surface area contributed by atoms with Crippen molar-refractivity contribution in [3.05, 3.63) is 60.0 Å². The van der Waals surface area contributed by atoms with E-state index >= 15 is 0 Å². The number of hydrogen-bond acceptors (Lipinski definition) is 8. The highest BCUT2D eigenvalue weighted by Gasteiger charge is 2.05. The van der Waals surface area contributed by atoms with E-state index in [2.05, 4.69) is 30.8 Å². The van der Waals surface area contributed by atoms with Crippen LogP contribution in [-0.4, -0.2) is 40.9 Å². The van der Waals surface area contributed by atoms with Crippen LogP contribution in [0.2, 0.25) is 0 Å². The van der Waals surface area contributed by atoms with Crippen molar-refractivity contribution < 1.29 is 9.47 Å². The maximum absolute atomic E-state index is 5.33. The smallest absolute Gasteiger partial charge is 0.244 e. The van der Waals surface area contributed by atoms with Gasteiger partial charge < -0.3 is 20.1 Å². The van der Waals surface area contributed by atoms with Gasteiger partial charge in [-0.25, -0.2) is 0 Å². The molecule has 0 radical (unpaired) electrons. The highest BCUT2D eigenvalue weighted by molar-refractivity contribution is 5.43. The van der Waals surface area contributed by atoms with Crippen molar-refractivity contribution in [2.24, 2.45) is 0 Å². The first-order valence-corrected chi connectivity index (χ1v) is 8.56. The van der Waals surface area contributed by atoms with Gasteiger partial charge >= 0.3 is 0 Å². The lowest BCUT2D eigenvalue weighted by Gasteiger charge is -2.10. The highest BCUT2D eigenvalue weighted by Crippen LogP contribution is 2.27. The molecule has 8 nitrogen and oxygen atoms in total. The third-order valence-corrected chi connectivity index (χ3v) is 3.93. The van der Waals surface area contributed by atoms with E-state index in [4.69, 9.17) is 9.47 Å². The van der Waals surface area contributed by atoms with Crippen molar-refractivity contribution in [1.82, 2.24) is 20.2 Å². The molecule has 0 saturated carbocycles. The van der Waals surface area contributed by atoms with Gasteiger partial charge in [-0.15, -0.1) is 5.10 Å². The summed E-state index contributed by atoms with van der Waals surface area (Å²) in [6.07, 6.45) is 5.91. The third-order valence-electron chi connectivity index (χ3n) is 3.93. The average Bonchev–Trinajstić information content (AvgIpc) is 2.73. The van der Waals surface area contributed by atoms with E-state index in [9.17, 15) is 0 Å². The molecule has 0 bridgehead atoms. The van der Waals surface area contributed by atoms with Crippen LogP contribution < -0.4 is 20.1 Å². The van der Waals surface area contributed by atoms with Crippen molar-refractivity contribution in [3.8, 4) is 11.5 Å². The molecule has 3 rings (SSSR count). The van der Waals surface area contributed by atoms with Gasteiger partial charge in [0, 0.05) is 25.5 Å². The number of methoxy groups -OCH3 is 2. The van der Waals surface area contributed by atoms with E-state index in [1.165, 1.54) is 0 Å². The number of rotatable bonds is 9. The minimum Gasteiger partial charge on any atom is -0.493 e. The number of ether oxygens (including phenoxy) is 2. The van der Waals surface area contributed by atoms with Crippen LogP contribution >= 0.6 is 0 Å². The third kappa shape index (κ3) is 5.27. The summed E-state index contributed by atoms with van der Waals surface area (Å²) in [4.78, 5) is 8.43.